The maximum atomic E-state index is 12.1. The van der Waals surface area contributed by atoms with Crippen molar-refractivity contribution in [2.24, 2.45) is 11.8 Å². The van der Waals surface area contributed by atoms with Crippen LogP contribution in [-0.2, 0) is 4.79 Å². The molecule has 2 rings (SSSR count). The van der Waals surface area contributed by atoms with Gasteiger partial charge in [0.2, 0.25) is 0 Å². The average molecular weight is 206 g/mol. The second kappa shape index (κ2) is 4.96. The Balaban J connectivity index is 1.91. The monoisotopic (exact) mass is 206 g/mol. The molecule has 0 radical (unpaired) electrons. The predicted molar refractivity (Wildman–Crippen MR) is 62.7 cm³/mol. The third-order valence-electron chi connectivity index (χ3n) is 3.94. The number of carbonyl (C=O) groups excluding carboxylic acids is 1. The Labute approximate surface area is 92.9 Å². The fraction of sp³-hybridized carbons (Fsp3) is 0.786. The van der Waals surface area contributed by atoms with Gasteiger partial charge in [0.25, 0.3) is 0 Å². The van der Waals surface area contributed by atoms with Crippen LogP contribution in [0.2, 0.25) is 0 Å². The van der Waals surface area contributed by atoms with E-state index in [0.29, 0.717) is 17.6 Å². The lowest BCUT2D eigenvalue weighted by Crippen LogP contribution is -2.20. The fourth-order valence-electron chi connectivity index (χ4n) is 3.04. The van der Waals surface area contributed by atoms with Crippen molar-refractivity contribution in [2.75, 3.05) is 0 Å². The minimum Gasteiger partial charge on any atom is -0.294 e. The van der Waals surface area contributed by atoms with Crippen LogP contribution in [-0.4, -0.2) is 5.78 Å². The molecular formula is C14H22O. The van der Waals surface area contributed by atoms with E-state index in [9.17, 15) is 4.79 Å². The molecule has 84 valence electrons. The van der Waals surface area contributed by atoms with Gasteiger partial charge in [0.15, 0.2) is 5.78 Å². The van der Waals surface area contributed by atoms with Crippen LogP contribution < -0.4 is 0 Å². The fourth-order valence-corrected chi connectivity index (χ4v) is 3.04. The van der Waals surface area contributed by atoms with Crippen LogP contribution in [0.1, 0.15) is 58.3 Å². The minimum atomic E-state index is 0.385. The summed E-state index contributed by atoms with van der Waals surface area (Å²) in [7, 11) is 0. The van der Waals surface area contributed by atoms with E-state index in [-0.39, 0.29) is 0 Å². The van der Waals surface area contributed by atoms with Crippen molar-refractivity contribution in [1.82, 2.24) is 0 Å². The second-order valence-corrected chi connectivity index (χ2v) is 5.07. The molecule has 0 amide bonds. The van der Waals surface area contributed by atoms with Crippen LogP contribution >= 0.6 is 0 Å². The van der Waals surface area contributed by atoms with Gasteiger partial charge in [-0.2, -0.15) is 0 Å². The molecule has 0 N–H and O–H groups in total. The molecule has 0 spiro atoms. The molecule has 2 unspecified atom stereocenters. The average Bonchev–Trinajstić information content (AvgIpc) is 2.57. The van der Waals surface area contributed by atoms with Gasteiger partial charge in [-0.3, -0.25) is 4.79 Å². The van der Waals surface area contributed by atoms with E-state index in [0.717, 1.165) is 12.8 Å². The predicted octanol–water partition coefficient (Wildman–Crippen LogP) is 3.88. The highest BCUT2D eigenvalue weighted by atomic mass is 16.1. The molecule has 0 aromatic heterocycles. The van der Waals surface area contributed by atoms with Gasteiger partial charge < -0.3 is 0 Å². The lowest BCUT2D eigenvalue weighted by molar-refractivity contribution is -0.120. The molecule has 1 nitrogen and oxygen atoms in total. The lowest BCUT2D eigenvalue weighted by Gasteiger charge is -2.22. The standard InChI is InChI=1S/C14H22O/c1-2-3-4-8-12-10-11-7-5-6-9-13(11)14(12)15/h10-11,13H,2-9H2,1H3. The first-order valence-electron chi connectivity index (χ1n) is 6.58. The molecule has 0 saturated heterocycles. The Morgan fingerprint density at radius 2 is 2.07 bits per heavy atom. The van der Waals surface area contributed by atoms with Crippen LogP contribution in [0.3, 0.4) is 0 Å². The number of allylic oxidation sites excluding steroid dienone is 2. The van der Waals surface area contributed by atoms with Crippen molar-refractivity contribution in [1.29, 1.82) is 0 Å². The molecule has 0 aromatic carbocycles. The largest absolute Gasteiger partial charge is 0.294 e. The maximum absolute atomic E-state index is 12.1. The third-order valence-corrected chi connectivity index (χ3v) is 3.94. The number of hydrogen-bond donors (Lipinski definition) is 0. The Morgan fingerprint density at radius 1 is 1.27 bits per heavy atom. The third kappa shape index (κ3) is 2.32. The number of carbonyl (C=O) groups is 1. The molecule has 2 aliphatic rings. The summed E-state index contributed by atoms with van der Waals surface area (Å²) in [6.45, 7) is 2.21. The van der Waals surface area contributed by atoms with Crippen molar-refractivity contribution in [3.63, 3.8) is 0 Å². The molecule has 1 fully saturated rings. The smallest absolute Gasteiger partial charge is 0.162 e. The molecule has 2 atom stereocenters. The highest BCUT2D eigenvalue weighted by Crippen LogP contribution is 2.39. The first kappa shape index (κ1) is 10.9. The number of unbranched alkanes of at least 4 members (excludes halogenated alkanes) is 2. The number of Topliss-reactive ketones (excluding diaryl/α,β-unsaturated/α-hetero) is 1. The SMILES string of the molecule is CCCCCC1=CC2CCCCC2C1=O. The summed E-state index contributed by atoms with van der Waals surface area (Å²) in [5, 5.41) is 0. The highest BCUT2D eigenvalue weighted by Gasteiger charge is 2.36. The summed E-state index contributed by atoms with van der Waals surface area (Å²) in [6.07, 6.45) is 12.1. The zero-order valence-corrected chi connectivity index (χ0v) is 9.80. The van der Waals surface area contributed by atoms with E-state index in [4.69, 9.17) is 0 Å². The normalized spacial score (nSPS) is 30.2. The topological polar surface area (TPSA) is 17.1 Å². The van der Waals surface area contributed by atoms with Gasteiger partial charge >= 0.3 is 0 Å². The van der Waals surface area contributed by atoms with Crippen LogP contribution in [0.5, 0.6) is 0 Å². The van der Waals surface area contributed by atoms with E-state index < -0.39 is 0 Å². The molecule has 0 aliphatic heterocycles. The Morgan fingerprint density at radius 3 is 2.80 bits per heavy atom. The van der Waals surface area contributed by atoms with E-state index in [2.05, 4.69) is 13.0 Å². The Kier molecular flexibility index (Phi) is 3.61. The molecule has 2 aliphatic carbocycles. The number of ketones is 1. The Hall–Kier alpha value is -0.590. The molecule has 0 aromatic rings. The van der Waals surface area contributed by atoms with E-state index >= 15 is 0 Å². The first-order valence-corrected chi connectivity index (χ1v) is 6.58. The summed E-state index contributed by atoms with van der Waals surface area (Å²) in [5.74, 6) is 1.49. The number of fused-ring (bicyclic) bond motifs is 1. The zero-order valence-electron chi connectivity index (χ0n) is 9.80. The molecule has 0 bridgehead atoms. The molecule has 1 saturated carbocycles. The summed E-state index contributed by atoms with van der Waals surface area (Å²) in [6, 6.07) is 0. The number of hydrogen-bond acceptors (Lipinski definition) is 1. The summed E-state index contributed by atoms with van der Waals surface area (Å²) in [5.41, 5.74) is 1.17. The lowest BCUT2D eigenvalue weighted by atomic mass is 9.81. The first-order chi connectivity index (χ1) is 7.33. The van der Waals surface area contributed by atoms with E-state index in [1.807, 2.05) is 0 Å². The zero-order chi connectivity index (χ0) is 10.7. The van der Waals surface area contributed by atoms with Crippen LogP contribution in [0.15, 0.2) is 11.6 Å². The van der Waals surface area contributed by atoms with E-state index in [1.165, 1.54) is 44.1 Å². The molecule has 15 heavy (non-hydrogen) atoms. The second-order valence-electron chi connectivity index (χ2n) is 5.07. The number of rotatable bonds is 4. The van der Waals surface area contributed by atoms with E-state index in [1.54, 1.807) is 0 Å². The molecular weight excluding hydrogens is 184 g/mol. The van der Waals surface area contributed by atoms with Gasteiger partial charge in [-0.05, 0) is 37.2 Å². The van der Waals surface area contributed by atoms with Crippen molar-refractivity contribution < 1.29 is 4.79 Å². The molecule has 0 heterocycles. The van der Waals surface area contributed by atoms with Crippen molar-refractivity contribution in [3.05, 3.63) is 11.6 Å². The van der Waals surface area contributed by atoms with Crippen LogP contribution in [0.4, 0.5) is 0 Å². The Bertz CT molecular complexity index is 265. The van der Waals surface area contributed by atoms with Crippen LogP contribution in [0.25, 0.3) is 0 Å². The van der Waals surface area contributed by atoms with Crippen LogP contribution in [0, 0.1) is 11.8 Å². The summed E-state index contributed by atoms with van der Waals surface area (Å²) in [4.78, 5) is 12.1. The van der Waals surface area contributed by atoms with Gasteiger partial charge in [-0.1, -0.05) is 38.7 Å². The van der Waals surface area contributed by atoms with Crippen molar-refractivity contribution in [3.8, 4) is 0 Å². The molecule has 1 heteroatoms. The van der Waals surface area contributed by atoms with Gasteiger partial charge in [-0.25, -0.2) is 0 Å². The van der Waals surface area contributed by atoms with Gasteiger partial charge in [0, 0.05) is 5.92 Å². The summed E-state index contributed by atoms with van der Waals surface area (Å²) < 4.78 is 0. The van der Waals surface area contributed by atoms with Gasteiger partial charge in [0.1, 0.15) is 0 Å². The van der Waals surface area contributed by atoms with Gasteiger partial charge in [0.05, 0.1) is 0 Å². The quantitative estimate of drug-likeness (QED) is 0.638. The van der Waals surface area contributed by atoms with Crippen molar-refractivity contribution in [2.45, 2.75) is 58.3 Å². The van der Waals surface area contributed by atoms with Gasteiger partial charge in [-0.15, -0.1) is 0 Å². The van der Waals surface area contributed by atoms with Crippen molar-refractivity contribution >= 4 is 5.78 Å². The summed E-state index contributed by atoms with van der Waals surface area (Å²) >= 11 is 0. The maximum Gasteiger partial charge on any atom is 0.162 e. The minimum absolute atomic E-state index is 0.385. The highest BCUT2D eigenvalue weighted by molar-refractivity contribution is 5.99.